The van der Waals surface area contributed by atoms with Crippen molar-refractivity contribution in [2.24, 2.45) is 5.10 Å². The van der Waals surface area contributed by atoms with Crippen molar-refractivity contribution in [1.82, 2.24) is 5.43 Å². The minimum Gasteiger partial charge on any atom is -0.490 e. The van der Waals surface area contributed by atoms with Crippen LogP contribution in [0.25, 0.3) is 0 Å². The van der Waals surface area contributed by atoms with Gasteiger partial charge in [-0.3, -0.25) is 4.79 Å². The molecule has 8 nitrogen and oxygen atoms in total. The molecule has 0 bridgehead atoms. The molecule has 1 amide bonds. The molecule has 3 rings (SSSR count). The highest BCUT2D eigenvalue weighted by Gasteiger charge is 2.15. The normalized spacial score (nSPS) is 10.7. The minimum absolute atomic E-state index is 0.0775. The van der Waals surface area contributed by atoms with E-state index >= 15 is 0 Å². The summed E-state index contributed by atoms with van der Waals surface area (Å²) < 4.78 is 22.0. The zero-order valence-corrected chi connectivity index (χ0v) is 19.2. The van der Waals surface area contributed by atoms with Gasteiger partial charge in [-0.05, 0) is 76.9 Å². The number of hydrogen-bond donors (Lipinski definition) is 1. The Morgan fingerprint density at radius 1 is 1.12 bits per heavy atom. The molecular weight excluding hydrogens is 504 g/mol. The van der Waals surface area contributed by atoms with E-state index in [9.17, 15) is 9.59 Å². The lowest BCUT2D eigenvalue weighted by Gasteiger charge is -2.10. The highest BCUT2D eigenvalue weighted by atomic mass is 79.9. The van der Waals surface area contributed by atoms with Crippen molar-refractivity contribution in [1.29, 1.82) is 0 Å². The third kappa shape index (κ3) is 6.60. The zero-order valence-electron chi connectivity index (χ0n) is 16.8. The summed E-state index contributed by atoms with van der Waals surface area (Å²) in [6.45, 7) is 1.93. The second-order valence-corrected chi connectivity index (χ2v) is 7.45. The predicted octanol–water partition coefficient (Wildman–Crippen LogP) is 4.84. The van der Waals surface area contributed by atoms with Crippen LogP contribution in [0.4, 0.5) is 0 Å². The fourth-order valence-corrected chi connectivity index (χ4v) is 3.25. The van der Waals surface area contributed by atoms with Gasteiger partial charge in [0.2, 0.25) is 5.76 Å². The van der Waals surface area contributed by atoms with E-state index in [0.717, 1.165) is 0 Å². The molecule has 0 saturated carbocycles. The summed E-state index contributed by atoms with van der Waals surface area (Å²) in [7, 11) is 0. The van der Waals surface area contributed by atoms with E-state index in [-0.39, 0.29) is 18.1 Å². The lowest BCUT2D eigenvalue weighted by molar-refractivity contribution is -0.123. The first-order chi connectivity index (χ1) is 15.5. The Morgan fingerprint density at radius 3 is 2.66 bits per heavy atom. The van der Waals surface area contributed by atoms with Gasteiger partial charge in [0.1, 0.15) is 5.75 Å². The third-order valence-electron chi connectivity index (χ3n) is 3.85. The topological polar surface area (TPSA) is 99.4 Å². The molecule has 1 aromatic heterocycles. The van der Waals surface area contributed by atoms with Crippen molar-refractivity contribution in [2.75, 3.05) is 13.2 Å². The van der Waals surface area contributed by atoms with Crippen molar-refractivity contribution in [3.8, 4) is 17.2 Å². The number of hydrazone groups is 1. The molecule has 3 aromatic rings. The zero-order chi connectivity index (χ0) is 22.9. The second-order valence-electron chi connectivity index (χ2n) is 6.16. The van der Waals surface area contributed by atoms with Crippen LogP contribution in [0.15, 0.2) is 68.8 Å². The number of rotatable bonds is 9. The first-order valence-corrected chi connectivity index (χ1v) is 10.6. The summed E-state index contributed by atoms with van der Waals surface area (Å²) in [6.07, 6.45) is 2.81. The maximum absolute atomic E-state index is 12.1. The quantitative estimate of drug-likeness (QED) is 0.187. The van der Waals surface area contributed by atoms with E-state index in [4.69, 9.17) is 30.2 Å². The summed E-state index contributed by atoms with van der Waals surface area (Å²) in [6, 6.07) is 12.9. The predicted molar refractivity (Wildman–Crippen MR) is 122 cm³/mol. The fraction of sp³-hybridized carbons (Fsp3) is 0.136. The van der Waals surface area contributed by atoms with Gasteiger partial charge in [0.25, 0.3) is 5.91 Å². The molecule has 0 aliphatic carbocycles. The highest BCUT2D eigenvalue weighted by molar-refractivity contribution is 9.10. The molecule has 0 aliphatic heterocycles. The van der Waals surface area contributed by atoms with Crippen LogP contribution in [0.1, 0.15) is 23.0 Å². The van der Waals surface area contributed by atoms with Gasteiger partial charge in [-0.2, -0.15) is 5.10 Å². The van der Waals surface area contributed by atoms with Gasteiger partial charge in [-0.15, -0.1) is 0 Å². The van der Waals surface area contributed by atoms with Gasteiger partial charge in [0.15, 0.2) is 18.1 Å². The molecule has 166 valence electrons. The third-order valence-corrected chi connectivity index (χ3v) is 4.70. The van der Waals surface area contributed by atoms with Crippen LogP contribution in [0.2, 0.25) is 5.02 Å². The standard InChI is InChI=1S/C22H18BrClN2O6/c1-2-29-20-10-14(5-7-18(20)32-22(28)19-4-3-9-30-19)12-25-26-21(27)13-31-17-8-6-15(24)11-16(17)23/h3-12H,2,13H2,1H3,(H,26,27)/b25-12-. The van der Waals surface area contributed by atoms with E-state index in [2.05, 4.69) is 26.5 Å². The monoisotopic (exact) mass is 520 g/mol. The number of halogens is 2. The summed E-state index contributed by atoms with van der Waals surface area (Å²) in [5.74, 6) is 0.0484. The Kier molecular flexibility index (Phi) is 8.29. The first kappa shape index (κ1) is 23.4. The molecule has 32 heavy (non-hydrogen) atoms. The van der Waals surface area contributed by atoms with E-state index in [1.807, 2.05) is 0 Å². The smallest absolute Gasteiger partial charge is 0.379 e. The van der Waals surface area contributed by atoms with E-state index in [1.165, 1.54) is 18.5 Å². The molecule has 0 atom stereocenters. The number of furan rings is 1. The Hall–Kier alpha value is -3.30. The SMILES string of the molecule is CCOc1cc(/C=N\NC(=O)COc2ccc(Cl)cc2Br)ccc1OC(=O)c1ccco1. The average Bonchev–Trinajstić information content (AvgIpc) is 3.30. The molecule has 2 aromatic carbocycles. The van der Waals surface area contributed by atoms with E-state index < -0.39 is 11.9 Å². The van der Waals surface area contributed by atoms with Crippen LogP contribution in [-0.2, 0) is 4.79 Å². The molecule has 0 aliphatic rings. The van der Waals surface area contributed by atoms with Crippen LogP contribution >= 0.6 is 27.5 Å². The molecular formula is C22H18BrClN2O6. The number of ether oxygens (including phenoxy) is 3. The van der Waals surface area contributed by atoms with Crippen LogP contribution in [0.5, 0.6) is 17.2 Å². The van der Waals surface area contributed by atoms with Crippen molar-refractivity contribution >= 4 is 45.6 Å². The Balaban J connectivity index is 1.58. The van der Waals surface area contributed by atoms with Gasteiger partial charge in [0.05, 0.1) is 23.6 Å². The molecule has 10 heteroatoms. The average molecular weight is 522 g/mol. The number of carbonyl (C=O) groups excluding carboxylic acids is 2. The Labute approximate surface area is 197 Å². The van der Waals surface area contributed by atoms with Gasteiger partial charge in [-0.25, -0.2) is 10.2 Å². The summed E-state index contributed by atoms with van der Waals surface area (Å²) in [4.78, 5) is 24.1. The Bertz CT molecular complexity index is 1120. The van der Waals surface area contributed by atoms with Crippen LogP contribution < -0.4 is 19.6 Å². The highest BCUT2D eigenvalue weighted by Crippen LogP contribution is 2.29. The fourth-order valence-electron chi connectivity index (χ4n) is 2.45. The Morgan fingerprint density at radius 2 is 1.94 bits per heavy atom. The summed E-state index contributed by atoms with van der Waals surface area (Å²) in [5.41, 5.74) is 2.99. The molecule has 0 fully saturated rings. The maximum Gasteiger partial charge on any atom is 0.379 e. The molecule has 0 unspecified atom stereocenters. The number of nitrogens with one attached hydrogen (secondary N) is 1. The van der Waals surface area contributed by atoms with Crippen LogP contribution in [0, 0.1) is 0 Å². The lowest BCUT2D eigenvalue weighted by Crippen LogP contribution is -2.24. The van der Waals surface area contributed by atoms with Crippen LogP contribution in [-0.4, -0.2) is 31.3 Å². The van der Waals surface area contributed by atoms with Gasteiger partial charge < -0.3 is 18.6 Å². The number of hydrogen-bond acceptors (Lipinski definition) is 7. The summed E-state index contributed by atoms with van der Waals surface area (Å²) in [5, 5.41) is 4.45. The molecule has 0 radical (unpaired) electrons. The molecule has 0 spiro atoms. The molecule has 1 N–H and O–H groups in total. The van der Waals surface area contributed by atoms with Crippen molar-refractivity contribution in [3.05, 3.63) is 75.6 Å². The van der Waals surface area contributed by atoms with E-state index in [0.29, 0.717) is 33.2 Å². The van der Waals surface area contributed by atoms with Gasteiger partial charge in [0, 0.05) is 5.02 Å². The molecule has 1 heterocycles. The number of carbonyl (C=O) groups is 2. The van der Waals surface area contributed by atoms with Crippen molar-refractivity contribution in [3.63, 3.8) is 0 Å². The first-order valence-electron chi connectivity index (χ1n) is 9.38. The number of nitrogens with zero attached hydrogens (tertiary/aromatic N) is 1. The second kappa shape index (κ2) is 11.4. The van der Waals surface area contributed by atoms with Crippen molar-refractivity contribution in [2.45, 2.75) is 6.92 Å². The maximum atomic E-state index is 12.1. The van der Waals surface area contributed by atoms with Gasteiger partial charge in [-0.1, -0.05) is 11.6 Å². The number of esters is 1. The van der Waals surface area contributed by atoms with Crippen molar-refractivity contribution < 1.29 is 28.2 Å². The summed E-state index contributed by atoms with van der Waals surface area (Å²) >= 11 is 9.19. The number of benzene rings is 2. The lowest BCUT2D eigenvalue weighted by atomic mass is 10.2. The molecule has 0 saturated heterocycles. The largest absolute Gasteiger partial charge is 0.490 e. The van der Waals surface area contributed by atoms with Crippen LogP contribution in [0.3, 0.4) is 0 Å². The minimum atomic E-state index is -0.642. The van der Waals surface area contributed by atoms with Gasteiger partial charge >= 0.3 is 5.97 Å². The number of amides is 1. The van der Waals surface area contributed by atoms with E-state index in [1.54, 1.807) is 49.4 Å².